The molecule has 12 aromatic rings. The summed E-state index contributed by atoms with van der Waals surface area (Å²) in [7, 11) is 0. The maximum atomic E-state index is 13.0. The molecule has 0 aliphatic carbocycles. The van der Waals surface area contributed by atoms with Crippen molar-refractivity contribution in [3.05, 3.63) is 236 Å². The number of rotatable bonds is 25. The highest BCUT2D eigenvalue weighted by Gasteiger charge is 2.29. The number of carbonyl (C=O) groups excluding carboxylic acids is 4. The van der Waals surface area contributed by atoms with Crippen LogP contribution in [0.25, 0.3) is 132 Å². The Bertz CT molecular complexity index is 5890. The number of aliphatic hydroxyl groups is 4. The van der Waals surface area contributed by atoms with E-state index in [9.17, 15) is 39.6 Å². The molecule has 30 nitrogen and oxygen atoms in total. The Hall–Kier alpha value is -14.4. The van der Waals surface area contributed by atoms with Crippen molar-refractivity contribution < 1.29 is 39.6 Å². The molecule has 8 aromatic heterocycles. The number of nitrogens with two attached hydrogens (primary N) is 4. The van der Waals surface area contributed by atoms with E-state index in [4.69, 9.17) is 49.2 Å². The standard InChI is InChI=1S/C24H26N6O2.C23H26N6O2.2C21H21N5O2/c1-16-6-8-17(9-7-16)20-19(14-18(26-2)24(32)29-10-3-4-11-29)30(12-5-13-31)23-21(20)22(25)27-15-28-23;1-14(2)28-23(31)17(25-4)12-18-19(16-8-6-15(3)7-9-16)20-21(24)26-13-27-22(20)29(18)10-5-11-30;2*1-13-5-7-15(8-6-13)18-17(11-16(23-3)14(2)28)26(9-4-10-27)21-19(18)20(22)24-12-25-21/h6-9,14-15,31H,3-5,10-13H2,1H3,(H2,25,27,28);6-9,12-14,30H,5,10-11H2,1-3H3,(H,28,31)(H2,24,26,27);2*5-8,11-12,27H,4,9-10H2,1-2H3,(H2,22,24,25)/b18-14-;17-12-;2*16-11-. The van der Waals surface area contributed by atoms with Crippen LogP contribution in [-0.2, 0) is 45.4 Å². The highest BCUT2D eigenvalue weighted by molar-refractivity contribution is 6.12. The Kier molecular flexibility index (Phi) is 29.4. The van der Waals surface area contributed by atoms with E-state index in [1.807, 2.05) is 157 Å². The summed E-state index contributed by atoms with van der Waals surface area (Å²) in [6.45, 7) is 47.6. The van der Waals surface area contributed by atoms with Crippen molar-refractivity contribution >= 4 is 115 Å². The summed E-state index contributed by atoms with van der Waals surface area (Å²) < 4.78 is 7.56. The van der Waals surface area contributed by atoms with Crippen molar-refractivity contribution in [3.8, 4) is 44.5 Å². The smallest absolute Gasteiger partial charge is 0.252 e. The van der Waals surface area contributed by atoms with Gasteiger partial charge in [-0.3, -0.25) is 9.59 Å². The zero-order chi connectivity index (χ0) is 85.7. The molecule has 30 heteroatoms. The molecular formula is C89H94N22O8. The van der Waals surface area contributed by atoms with Crippen LogP contribution in [0.15, 0.2) is 145 Å². The van der Waals surface area contributed by atoms with Crippen LogP contribution in [0.1, 0.15) is 111 Å². The second-order valence-corrected chi connectivity index (χ2v) is 28.6. The van der Waals surface area contributed by atoms with E-state index in [1.165, 1.54) is 39.2 Å². The number of benzene rings is 4. The third kappa shape index (κ3) is 19.8. The first-order valence-electron chi connectivity index (χ1n) is 38.6. The molecule has 1 saturated heterocycles. The molecule has 13 N–H and O–H groups in total. The van der Waals surface area contributed by atoms with Gasteiger partial charge in [-0.2, -0.15) is 0 Å². The van der Waals surface area contributed by atoms with Gasteiger partial charge in [0.2, 0.25) is 11.4 Å². The Labute approximate surface area is 688 Å². The molecule has 13 rings (SSSR count). The number of aryl methyl sites for hydroxylation is 8. The van der Waals surface area contributed by atoms with Gasteiger partial charge in [0.1, 0.15) is 71.2 Å². The number of likely N-dealkylation sites (tertiary alicyclic amines) is 1. The van der Waals surface area contributed by atoms with Gasteiger partial charge in [-0.15, -0.1) is 0 Å². The van der Waals surface area contributed by atoms with Crippen LogP contribution in [0.3, 0.4) is 0 Å². The van der Waals surface area contributed by atoms with Crippen LogP contribution < -0.4 is 28.3 Å². The van der Waals surface area contributed by atoms with Crippen LogP contribution in [0.2, 0.25) is 0 Å². The lowest BCUT2D eigenvalue weighted by Crippen LogP contribution is -2.30. The Morgan fingerprint density at radius 2 is 0.647 bits per heavy atom. The first-order valence-corrected chi connectivity index (χ1v) is 38.6. The minimum atomic E-state index is -0.446. The lowest BCUT2D eigenvalue weighted by molar-refractivity contribution is -0.125. The summed E-state index contributed by atoms with van der Waals surface area (Å²) in [5, 5.41) is 43.0. The van der Waals surface area contributed by atoms with E-state index in [0.29, 0.717) is 155 Å². The van der Waals surface area contributed by atoms with Gasteiger partial charge in [0.15, 0.2) is 11.6 Å². The largest absolute Gasteiger partial charge is 0.396 e. The second kappa shape index (κ2) is 40.3. The molecule has 0 unspecified atom stereocenters. The zero-order valence-electron chi connectivity index (χ0n) is 67.6. The summed E-state index contributed by atoms with van der Waals surface area (Å²) in [6, 6.07) is 31.6. The fourth-order valence-corrected chi connectivity index (χ4v) is 14.0. The number of ketones is 2. The first-order chi connectivity index (χ1) is 57.4. The Balaban J connectivity index is 0.000000167. The molecule has 0 atom stereocenters. The third-order valence-electron chi connectivity index (χ3n) is 19.7. The number of nitrogens with zero attached hydrogens (tertiary/aromatic N) is 17. The van der Waals surface area contributed by atoms with Gasteiger partial charge in [0.25, 0.3) is 23.2 Å². The van der Waals surface area contributed by atoms with Crippen LogP contribution in [0, 0.1) is 54.0 Å². The highest BCUT2D eigenvalue weighted by atomic mass is 16.3. The van der Waals surface area contributed by atoms with Crippen LogP contribution in [-0.4, -0.2) is 152 Å². The number of anilines is 4. The molecule has 1 fully saturated rings. The Morgan fingerprint density at radius 1 is 0.403 bits per heavy atom. The van der Waals surface area contributed by atoms with Gasteiger partial charge in [0, 0.05) is 117 Å². The predicted octanol–water partition coefficient (Wildman–Crippen LogP) is 12.9. The van der Waals surface area contributed by atoms with Gasteiger partial charge in [-0.05, 0) is 140 Å². The van der Waals surface area contributed by atoms with E-state index in [2.05, 4.69) is 64.6 Å². The number of allylic oxidation sites excluding steroid dienone is 2. The van der Waals surface area contributed by atoms with Crippen LogP contribution >= 0.6 is 0 Å². The third-order valence-corrected chi connectivity index (χ3v) is 19.7. The molecule has 1 aliphatic heterocycles. The molecule has 0 saturated carbocycles. The van der Waals surface area contributed by atoms with E-state index in [0.717, 1.165) is 79.6 Å². The SMILES string of the molecule is [C-]#[N+]/C(=C\c1c(-c2ccc(C)cc2)c2c(N)ncnc2n1CCCO)C(=O)N1CCCC1.[C-]#[N+]/C(=C\c1c(-c2ccc(C)cc2)c2c(N)ncnc2n1CCCO)C(=O)NC(C)C.[C-]#[N+]/C(=C\c1c(-c2ccc(C)cc2)c2c(N)ncnc2n1CCCO)C(C)=O.[C-]#[N+]/C(=C\c1c(-c2ccc(C)cc2)c2c(N)ncnc2n1CCCO)C(C)=O. The van der Waals surface area contributed by atoms with E-state index < -0.39 is 5.91 Å². The van der Waals surface area contributed by atoms with E-state index in [1.54, 1.807) is 29.2 Å². The maximum absolute atomic E-state index is 13.0. The summed E-state index contributed by atoms with van der Waals surface area (Å²) >= 11 is 0. The van der Waals surface area contributed by atoms with Gasteiger partial charge < -0.3 is 81.4 Å². The number of nitrogens with one attached hydrogen (secondary N) is 1. The van der Waals surface area contributed by atoms with Crippen molar-refractivity contribution in [3.63, 3.8) is 0 Å². The molecule has 9 heterocycles. The normalized spacial score (nSPS) is 12.3. The minimum absolute atomic E-state index is 0.00560. The van der Waals surface area contributed by atoms with Crippen molar-refractivity contribution in [2.75, 3.05) is 62.5 Å². The monoisotopic (exact) mass is 1600 g/mol. The van der Waals surface area contributed by atoms with Crippen molar-refractivity contribution in [2.45, 2.75) is 126 Å². The fourth-order valence-electron chi connectivity index (χ4n) is 14.0. The quantitative estimate of drug-likeness (QED) is 0.0189. The fraction of sp³-hybridized carbons (Fsp3) is 0.281. The van der Waals surface area contributed by atoms with Gasteiger partial charge in [0.05, 0.1) is 47.8 Å². The average molecular weight is 1600 g/mol. The van der Waals surface area contributed by atoms with E-state index in [-0.39, 0.29) is 72.7 Å². The molecular weight excluding hydrogens is 1510 g/mol. The topological polar surface area (TPSA) is 409 Å². The van der Waals surface area contributed by atoms with Crippen molar-refractivity contribution in [2.24, 2.45) is 0 Å². The average Bonchev–Trinajstić information content (AvgIpc) is 1.68. The molecule has 608 valence electrons. The molecule has 119 heavy (non-hydrogen) atoms. The van der Waals surface area contributed by atoms with Gasteiger partial charge in [-0.25, -0.2) is 59.3 Å². The lowest BCUT2D eigenvalue weighted by atomic mass is 10.0. The molecule has 0 radical (unpaired) electrons. The molecule has 2 amide bonds. The number of carbonyl (C=O) groups is 4. The lowest BCUT2D eigenvalue weighted by Gasteiger charge is -2.15. The number of fused-ring (bicyclic) bond motifs is 4. The number of amides is 2. The number of hydrogen-bond acceptors (Lipinski definition) is 20. The summed E-state index contributed by atoms with van der Waals surface area (Å²) in [5.41, 5.74) is 41.1. The minimum Gasteiger partial charge on any atom is -0.396 e. The van der Waals surface area contributed by atoms with Gasteiger partial charge in [-0.1, -0.05) is 119 Å². The maximum Gasteiger partial charge on any atom is 0.252 e. The number of aromatic nitrogens is 12. The molecule has 0 spiro atoms. The summed E-state index contributed by atoms with van der Waals surface area (Å²) in [5.74, 6) is -0.0449. The van der Waals surface area contributed by atoms with Crippen LogP contribution in [0.5, 0.6) is 0 Å². The summed E-state index contributed by atoms with van der Waals surface area (Å²) in [4.78, 5) is 99.2. The Morgan fingerprint density at radius 3 is 0.874 bits per heavy atom. The highest BCUT2D eigenvalue weighted by Crippen LogP contribution is 2.43. The summed E-state index contributed by atoms with van der Waals surface area (Å²) in [6.07, 6.45) is 15.8. The number of nitrogen functional groups attached to an aromatic ring is 4. The number of Topliss-reactive ketones (excluding diaryl/α,β-unsaturated/α-hetero) is 2. The molecule has 1 aliphatic rings. The predicted molar refractivity (Wildman–Crippen MR) is 464 cm³/mol. The van der Waals surface area contributed by atoms with Crippen molar-refractivity contribution in [1.82, 2.24) is 68.4 Å². The van der Waals surface area contributed by atoms with Crippen LogP contribution in [0.4, 0.5) is 23.3 Å². The van der Waals surface area contributed by atoms with E-state index >= 15 is 0 Å². The molecule has 0 bridgehead atoms. The number of aliphatic hydroxyl groups excluding tert-OH is 4. The second-order valence-electron chi connectivity index (χ2n) is 28.6. The number of hydrogen-bond donors (Lipinski definition) is 9. The van der Waals surface area contributed by atoms with Crippen molar-refractivity contribution in [1.29, 1.82) is 0 Å². The van der Waals surface area contributed by atoms with Gasteiger partial charge >= 0.3 is 0 Å². The molecule has 4 aromatic carbocycles. The zero-order valence-corrected chi connectivity index (χ0v) is 67.6. The first kappa shape index (κ1) is 87.0.